The van der Waals surface area contributed by atoms with Crippen LogP contribution in [0, 0.1) is 5.92 Å². The van der Waals surface area contributed by atoms with E-state index >= 15 is 0 Å². The lowest BCUT2D eigenvalue weighted by atomic mass is 9.93. The molecule has 5 nitrogen and oxygen atoms in total. The molecular formula is C31H40N4OS. The van der Waals surface area contributed by atoms with Crippen molar-refractivity contribution in [1.82, 2.24) is 20.1 Å². The molecule has 1 heterocycles. The molecule has 2 aliphatic rings. The molecule has 1 N–H and O–H groups in total. The van der Waals surface area contributed by atoms with Crippen LogP contribution in [-0.2, 0) is 24.2 Å². The van der Waals surface area contributed by atoms with Gasteiger partial charge in [-0.3, -0.25) is 4.79 Å². The van der Waals surface area contributed by atoms with Gasteiger partial charge in [-0.25, -0.2) is 0 Å². The van der Waals surface area contributed by atoms with E-state index in [4.69, 9.17) is 0 Å². The first kappa shape index (κ1) is 27.2. The minimum absolute atomic E-state index is 0.126. The smallest absolute Gasteiger partial charge is 0.220 e. The van der Waals surface area contributed by atoms with Gasteiger partial charge in [0.25, 0.3) is 0 Å². The van der Waals surface area contributed by atoms with Crippen LogP contribution in [0.25, 0.3) is 0 Å². The van der Waals surface area contributed by atoms with Crippen LogP contribution in [0.5, 0.6) is 0 Å². The van der Waals surface area contributed by atoms with Gasteiger partial charge in [-0.05, 0) is 62.5 Å². The zero-order valence-electron chi connectivity index (χ0n) is 22.3. The molecule has 37 heavy (non-hydrogen) atoms. The van der Waals surface area contributed by atoms with Gasteiger partial charge >= 0.3 is 0 Å². The van der Waals surface area contributed by atoms with Gasteiger partial charge in [0.1, 0.15) is 5.82 Å². The third kappa shape index (κ3) is 8.89. The largest absolute Gasteiger partial charge is 0.352 e. The van der Waals surface area contributed by atoms with E-state index in [1.54, 1.807) is 11.8 Å². The summed E-state index contributed by atoms with van der Waals surface area (Å²) in [5.41, 5.74) is 5.36. The van der Waals surface area contributed by atoms with E-state index < -0.39 is 0 Å². The number of benzene rings is 1. The maximum Gasteiger partial charge on any atom is 0.220 e. The number of amides is 1. The SMILES string of the molecule is CC1=CC(C)CC(CSc2nnc(CCCCC(=O)NCC3=CCCC=C3)n2CCc2ccccc2)=C1. The number of aromatic nitrogens is 3. The summed E-state index contributed by atoms with van der Waals surface area (Å²) >= 11 is 1.80. The van der Waals surface area contributed by atoms with Crippen molar-refractivity contribution in [2.24, 2.45) is 5.92 Å². The van der Waals surface area contributed by atoms with Crippen LogP contribution >= 0.6 is 11.8 Å². The predicted molar refractivity (Wildman–Crippen MR) is 154 cm³/mol. The summed E-state index contributed by atoms with van der Waals surface area (Å²) in [6, 6.07) is 10.6. The van der Waals surface area contributed by atoms with E-state index in [0.717, 1.165) is 68.2 Å². The van der Waals surface area contributed by atoms with Crippen LogP contribution in [0.3, 0.4) is 0 Å². The minimum atomic E-state index is 0.126. The number of hydrogen-bond donors (Lipinski definition) is 1. The van der Waals surface area contributed by atoms with Gasteiger partial charge in [0, 0.05) is 31.7 Å². The van der Waals surface area contributed by atoms with Crippen molar-refractivity contribution in [3.63, 3.8) is 0 Å². The van der Waals surface area contributed by atoms with Crippen LogP contribution in [0.1, 0.15) is 63.8 Å². The number of nitrogens with zero attached hydrogens (tertiary/aromatic N) is 3. The molecule has 1 aromatic heterocycles. The third-order valence-electron chi connectivity index (χ3n) is 6.83. The molecule has 1 aromatic carbocycles. The van der Waals surface area contributed by atoms with Crippen LogP contribution < -0.4 is 5.32 Å². The number of carbonyl (C=O) groups is 1. The van der Waals surface area contributed by atoms with Crippen LogP contribution in [0.2, 0.25) is 0 Å². The highest BCUT2D eigenvalue weighted by molar-refractivity contribution is 7.99. The molecular weight excluding hydrogens is 476 g/mol. The van der Waals surface area contributed by atoms with Gasteiger partial charge in [-0.1, -0.05) is 90.5 Å². The molecule has 0 radical (unpaired) electrons. The lowest BCUT2D eigenvalue weighted by Gasteiger charge is -2.17. The van der Waals surface area contributed by atoms with E-state index in [0.29, 0.717) is 18.9 Å². The molecule has 196 valence electrons. The number of carbonyl (C=O) groups excluding carboxylic acids is 1. The topological polar surface area (TPSA) is 59.8 Å². The van der Waals surface area contributed by atoms with Gasteiger partial charge < -0.3 is 9.88 Å². The highest BCUT2D eigenvalue weighted by atomic mass is 32.2. The Morgan fingerprint density at radius 2 is 2.00 bits per heavy atom. The fourth-order valence-corrected chi connectivity index (χ4v) is 5.95. The Morgan fingerprint density at radius 3 is 2.78 bits per heavy atom. The van der Waals surface area contributed by atoms with Crippen molar-refractivity contribution >= 4 is 17.7 Å². The second-order valence-corrected chi connectivity index (χ2v) is 11.2. The molecule has 0 aliphatic heterocycles. The molecule has 0 spiro atoms. The number of hydrogen-bond acceptors (Lipinski definition) is 4. The Bertz CT molecular complexity index is 1160. The molecule has 0 saturated carbocycles. The summed E-state index contributed by atoms with van der Waals surface area (Å²) in [5.74, 6) is 2.70. The Balaban J connectivity index is 1.31. The second-order valence-electron chi connectivity index (χ2n) is 10.2. The second kappa shape index (κ2) is 14.2. The molecule has 0 saturated heterocycles. The summed E-state index contributed by atoms with van der Waals surface area (Å²) in [7, 11) is 0. The fourth-order valence-electron chi connectivity index (χ4n) is 4.99. The number of rotatable bonds is 13. The normalized spacial score (nSPS) is 17.2. The maximum atomic E-state index is 12.3. The van der Waals surface area contributed by atoms with Gasteiger partial charge in [-0.2, -0.15) is 0 Å². The summed E-state index contributed by atoms with van der Waals surface area (Å²) < 4.78 is 2.30. The van der Waals surface area contributed by atoms with E-state index in [1.165, 1.54) is 22.3 Å². The molecule has 2 aromatic rings. The molecule has 1 unspecified atom stereocenters. The Morgan fingerprint density at radius 1 is 1.14 bits per heavy atom. The average molecular weight is 517 g/mol. The molecule has 4 rings (SSSR count). The summed E-state index contributed by atoms with van der Waals surface area (Å²) in [4.78, 5) is 12.3. The fraction of sp³-hybridized carbons (Fsp3) is 0.452. The number of unbranched alkanes of at least 4 members (excludes halogenated alkanes) is 1. The summed E-state index contributed by atoms with van der Waals surface area (Å²) in [6.07, 6.45) is 18.6. The monoisotopic (exact) mass is 516 g/mol. The number of thioether (sulfide) groups is 1. The minimum Gasteiger partial charge on any atom is -0.352 e. The first-order valence-electron chi connectivity index (χ1n) is 13.7. The van der Waals surface area contributed by atoms with E-state index in [-0.39, 0.29) is 5.91 Å². The molecule has 1 amide bonds. The van der Waals surface area contributed by atoms with Crippen molar-refractivity contribution in [2.45, 2.75) is 76.9 Å². The number of aryl methyl sites for hydroxylation is 2. The lowest BCUT2D eigenvalue weighted by Crippen LogP contribution is -2.25. The summed E-state index contributed by atoms with van der Waals surface area (Å²) in [6.45, 7) is 5.97. The number of allylic oxidation sites excluding steroid dienone is 5. The first-order valence-corrected chi connectivity index (χ1v) is 14.6. The molecule has 0 fully saturated rings. The van der Waals surface area contributed by atoms with E-state index in [2.05, 4.69) is 94.6 Å². The molecule has 1 atom stereocenters. The van der Waals surface area contributed by atoms with Crippen LogP contribution in [0.4, 0.5) is 0 Å². The molecule has 2 aliphatic carbocycles. The van der Waals surface area contributed by atoms with Crippen molar-refractivity contribution < 1.29 is 4.79 Å². The van der Waals surface area contributed by atoms with Gasteiger partial charge in [0.15, 0.2) is 5.16 Å². The van der Waals surface area contributed by atoms with Crippen LogP contribution in [-0.4, -0.2) is 33.0 Å². The standard InChI is InChI=1S/C31H40N4OS/c1-24-19-25(2)21-28(20-24)23-37-31-34-33-29(35(31)18-17-26-11-5-3-6-12-26)15-9-10-16-30(36)32-22-27-13-7-4-8-14-27/h3,5-7,11-14,19-20,25H,4,8-10,15-18,21-23H2,1-2H3,(H,32,36). The first-order chi connectivity index (χ1) is 18.1. The number of nitrogens with one attached hydrogen (secondary N) is 1. The van der Waals surface area contributed by atoms with E-state index in [9.17, 15) is 4.79 Å². The highest BCUT2D eigenvalue weighted by Crippen LogP contribution is 2.28. The van der Waals surface area contributed by atoms with Crippen molar-refractivity contribution in [3.05, 3.63) is 88.8 Å². The van der Waals surface area contributed by atoms with Crippen LogP contribution in [0.15, 0.2) is 82.6 Å². The zero-order chi connectivity index (χ0) is 25.9. The Labute approximate surface area is 226 Å². The van der Waals surface area contributed by atoms with Gasteiger partial charge in [0.05, 0.1) is 0 Å². The Hall–Kier alpha value is -2.86. The van der Waals surface area contributed by atoms with Gasteiger partial charge in [0.2, 0.25) is 5.91 Å². The third-order valence-corrected chi connectivity index (χ3v) is 7.90. The van der Waals surface area contributed by atoms with Crippen molar-refractivity contribution in [2.75, 3.05) is 12.3 Å². The predicted octanol–water partition coefficient (Wildman–Crippen LogP) is 6.63. The lowest BCUT2D eigenvalue weighted by molar-refractivity contribution is -0.121. The van der Waals surface area contributed by atoms with Crippen molar-refractivity contribution in [3.8, 4) is 0 Å². The Kier molecular flexibility index (Phi) is 10.4. The quantitative estimate of drug-likeness (QED) is 0.240. The maximum absolute atomic E-state index is 12.3. The summed E-state index contributed by atoms with van der Waals surface area (Å²) in [5, 5.41) is 13.2. The average Bonchev–Trinajstić information content (AvgIpc) is 3.29. The van der Waals surface area contributed by atoms with Gasteiger partial charge in [-0.15, -0.1) is 10.2 Å². The molecule has 0 bridgehead atoms. The molecule has 6 heteroatoms. The zero-order valence-corrected chi connectivity index (χ0v) is 23.1. The van der Waals surface area contributed by atoms with E-state index in [1.807, 2.05) is 0 Å². The van der Waals surface area contributed by atoms with Crippen molar-refractivity contribution in [1.29, 1.82) is 0 Å². The highest BCUT2D eigenvalue weighted by Gasteiger charge is 2.16.